The lowest BCUT2D eigenvalue weighted by molar-refractivity contribution is 0.00474. The molecular weight excluding hydrogens is 178 g/mol. The molecule has 0 spiro atoms. The predicted molar refractivity (Wildman–Crippen MR) is 57.4 cm³/mol. The molecule has 1 rings (SSSR count). The summed E-state index contributed by atoms with van der Waals surface area (Å²) >= 11 is 0. The van der Waals surface area contributed by atoms with E-state index in [4.69, 9.17) is 4.74 Å². The number of rotatable bonds is 6. The van der Waals surface area contributed by atoms with Gasteiger partial charge in [0, 0.05) is 20.3 Å². The van der Waals surface area contributed by atoms with Gasteiger partial charge in [0.1, 0.15) is 0 Å². The van der Waals surface area contributed by atoms with E-state index in [-0.39, 0.29) is 0 Å². The van der Waals surface area contributed by atoms with Gasteiger partial charge in [0.15, 0.2) is 0 Å². The minimum atomic E-state index is -0.425. The molecule has 0 aromatic heterocycles. The maximum absolute atomic E-state index is 10.1. The summed E-state index contributed by atoms with van der Waals surface area (Å²) in [6.07, 6.45) is 6.58. The van der Waals surface area contributed by atoms with Crippen molar-refractivity contribution < 1.29 is 9.84 Å². The Balaban J connectivity index is 2.03. The fourth-order valence-corrected chi connectivity index (χ4v) is 2.05. The van der Waals surface area contributed by atoms with Gasteiger partial charge in [-0.15, -0.1) is 0 Å². The van der Waals surface area contributed by atoms with Crippen molar-refractivity contribution in [2.45, 2.75) is 44.1 Å². The average Bonchev–Trinajstić information content (AvgIpc) is 2.18. The molecule has 0 heterocycles. The summed E-state index contributed by atoms with van der Waals surface area (Å²) in [4.78, 5) is 0. The molecular formula is C11H23NO2. The molecule has 0 bridgehead atoms. The van der Waals surface area contributed by atoms with E-state index in [1.54, 1.807) is 7.11 Å². The second kappa shape index (κ2) is 6.38. The van der Waals surface area contributed by atoms with Gasteiger partial charge in [0.25, 0.3) is 0 Å². The van der Waals surface area contributed by atoms with Gasteiger partial charge >= 0.3 is 0 Å². The number of ether oxygens (including phenoxy) is 1. The molecule has 0 saturated heterocycles. The molecule has 0 amide bonds. The zero-order valence-corrected chi connectivity index (χ0v) is 9.22. The molecule has 1 aliphatic carbocycles. The molecule has 0 atom stereocenters. The number of hydrogen-bond acceptors (Lipinski definition) is 3. The lowest BCUT2D eigenvalue weighted by atomic mass is 9.85. The van der Waals surface area contributed by atoms with E-state index in [0.29, 0.717) is 0 Å². The maximum atomic E-state index is 10.1. The molecule has 2 N–H and O–H groups in total. The van der Waals surface area contributed by atoms with Crippen molar-refractivity contribution in [3.63, 3.8) is 0 Å². The van der Waals surface area contributed by atoms with E-state index in [1.165, 1.54) is 19.3 Å². The number of methoxy groups -OCH3 is 1. The molecule has 0 aliphatic heterocycles. The largest absolute Gasteiger partial charge is 0.389 e. The minimum Gasteiger partial charge on any atom is -0.389 e. The van der Waals surface area contributed by atoms with Crippen molar-refractivity contribution in [2.24, 2.45) is 0 Å². The summed E-state index contributed by atoms with van der Waals surface area (Å²) in [7, 11) is 1.72. The Hall–Kier alpha value is -0.120. The number of hydrogen-bond donors (Lipinski definition) is 2. The third kappa shape index (κ3) is 4.40. The van der Waals surface area contributed by atoms with Crippen LogP contribution in [-0.2, 0) is 4.74 Å². The van der Waals surface area contributed by atoms with Crippen molar-refractivity contribution >= 4 is 0 Å². The van der Waals surface area contributed by atoms with Gasteiger partial charge in [-0.1, -0.05) is 19.3 Å². The quantitative estimate of drug-likeness (QED) is 0.637. The Labute approximate surface area is 86.8 Å². The van der Waals surface area contributed by atoms with Gasteiger partial charge in [-0.3, -0.25) is 0 Å². The summed E-state index contributed by atoms with van der Waals surface area (Å²) in [6, 6.07) is 0. The minimum absolute atomic E-state index is 0.425. The highest BCUT2D eigenvalue weighted by molar-refractivity contribution is 4.84. The Morgan fingerprint density at radius 1 is 1.29 bits per heavy atom. The van der Waals surface area contributed by atoms with E-state index in [1.807, 2.05) is 0 Å². The lowest BCUT2D eigenvalue weighted by Gasteiger charge is -2.32. The zero-order valence-electron chi connectivity index (χ0n) is 9.22. The monoisotopic (exact) mass is 201 g/mol. The molecule has 0 radical (unpaired) electrons. The first-order chi connectivity index (χ1) is 6.77. The highest BCUT2D eigenvalue weighted by Gasteiger charge is 2.28. The van der Waals surface area contributed by atoms with Gasteiger partial charge in [0.05, 0.1) is 5.60 Å². The summed E-state index contributed by atoms with van der Waals surface area (Å²) in [5.41, 5.74) is -0.425. The molecule has 3 nitrogen and oxygen atoms in total. The highest BCUT2D eigenvalue weighted by Crippen LogP contribution is 2.27. The Morgan fingerprint density at radius 2 is 2.00 bits per heavy atom. The Bertz CT molecular complexity index is 144. The highest BCUT2D eigenvalue weighted by atomic mass is 16.5. The van der Waals surface area contributed by atoms with Crippen LogP contribution in [0, 0.1) is 0 Å². The van der Waals surface area contributed by atoms with Crippen LogP contribution < -0.4 is 5.32 Å². The van der Waals surface area contributed by atoms with E-state index in [2.05, 4.69) is 5.32 Å². The van der Waals surface area contributed by atoms with Gasteiger partial charge < -0.3 is 15.2 Å². The average molecular weight is 201 g/mol. The smallest absolute Gasteiger partial charge is 0.0771 e. The first kappa shape index (κ1) is 12.0. The van der Waals surface area contributed by atoms with Gasteiger partial charge in [-0.05, 0) is 25.8 Å². The molecule has 3 heteroatoms. The number of aliphatic hydroxyl groups is 1. The van der Waals surface area contributed by atoms with Gasteiger partial charge in [0.2, 0.25) is 0 Å². The van der Waals surface area contributed by atoms with Crippen molar-refractivity contribution in [3.05, 3.63) is 0 Å². The van der Waals surface area contributed by atoms with Crippen LogP contribution in [0.15, 0.2) is 0 Å². The van der Waals surface area contributed by atoms with Crippen molar-refractivity contribution in [2.75, 3.05) is 26.8 Å². The fraction of sp³-hybridized carbons (Fsp3) is 1.00. The predicted octanol–water partition coefficient (Wildman–Crippen LogP) is 1.31. The second-order valence-corrected chi connectivity index (χ2v) is 4.31. The lowest BCUT2D eigenvalue weighted by Crippen LogP contribution is -2.42. The van der Waals surface area contributed by atoms with Crippen LogP contribution in [0.1, 0.15) is 38.5 Å². The molecule has 1 fully saturated rings. The van der Waals surface area contributed by atoms with E-state index >= 15 is 0 Å². The first-order valence-electron chi connectivity index (χ1n) is 5.69. The Morgan fingerprint density at radius 3 is 2.64 bits per heavy atom. The van der Waals surface area contributed by atoms with E-state index in [9.17, 15) is 5.11 Å². The van der Waals surface area contributed by atoms with E-state index < -0.39 is 5.60 Å². The third-order valence-corrected chi connectivity index (χ3v) is 2.94. The van der Waals surface area contributed by atoms with Crippen LogP contribution in [0.5, 0.6) is 0 Å². The normalized spacial score (nSPS) is 21.0. The van der Waals surface area contributed by atoms with Crippen molar-refractivity contribution in [1.82, 2.24) is 5.32 Å². The van der Waals surface area contributed by atoms with Crippen LogP contribution in [0.25, 0.3) is 0 Å². The maximum Gasteiger partial charge on any atom is 0.0771 e. The molecule has 0 aromatic carbocycles. The summed E-state index contributed by atoms with van der Waals surface area (Å²) in [6.45, 7) is 2.48. The molecule has 14 heavy (non-hydrogen) atoms. The van der Waals surface area contributed by atoms with Crippen LogP contribution in [0.3, 0.4) is 0 Å². The SMILES string of the molecule is COCCCNCC1(O)CCCCC1. The van der Waals surface area contributed by atoms with Crippen molar-refractivity contribution in [3.8, 4) is 0 Å². The second-order valence-electron chi connectivity index (χ2n) is 4.31. The summed E-state index contributed by atoms with van der Waals surface area (Å²) in [5.74, 6) is 0. The standard InChI is InChI=1S/C11H23NO2/c1-14-9-5-8-12-10-11(13)6-3-2-4-7-11/h12-13H,2-10H2,1H3. The zero-order chi connectivity index (χ0) is 10.3. The summed E-state index contributed by atoms with van der Waals surface area (Å²) in [5, 5.41) is 13.4. The molecule has 84 valence electrons. The van der Waals surface area contributed by atoms with Crippen LogP contribution in [0.2, 0.25) is 0 Å². The van der Waals surface area contributed by atoms with Crippen LogP contribution in [0.4, 0.5) is 0 Å². The van der Waals surface area contributed by atoms with Crippen LogP contribution in [-0.4, -0.2) is 37.5 Å². The van der Waals surface area contributed by atoms with Gasteiger partial charge in [-0.25, -0.2) is 0 Å². The van der Waals surface area contributed by atoms with Gasteiger partial charge in [-0.2, -0.15) is 0 Å². The molecule has 0 unspecified atom stereocenters. The van der Waals surface area contributed by atoms with Crippen molar-refractivity contribution in [1.29, 1.82) is 0 Å². The topological polar surface area (TPSA) is 41.5 Å². The summed E-state index contributed by atoms with van der Waals surface area (Å²) < 4.78 is 4.96. The molecule has 1 saturated carbocycles. The van der Waals surface area contributed by atoms with Crippen LogP contribution >= 0.6 is 0 Å². The first-order valence-corrected chi connectivity index (χ1v) is 5.69. The number of nitrogens with one attached hydrogen (secondary N) is 1. The van der Waals surface area contributed by atoms with E-state index in [0.717, 1.165) is 39.0 Å². The fourth-order valence-electron chi connectivity index (χ4n) is 2.05. The molecule has 0 aromatic rings. The third-order valence-electron chi connectivity index (χ3n) is 2.94. The Kier molecular flexibility index (Phi) is 5.45. The molecule has 1 aliphatic rings.